The number of hydrogen-bond acceptors (Lipinski definition) is 2. The van der Waals surface area contributed by atoms with Crippen molar-refractivity contribution in [2.75, 3.05) is 13.2 Å². The molecule has 0 aliphatic carbocycles. The summed E-state index contributed by atoms with van der Waals surface area (Å²) in [5, 5.41) is 12.8. The average Bonchev–Trinajstić information content (AvgIpc) is 2.21. The molecule has 1 rings (SSSR count). The Labute approximate surface area is 98.7 Å². The van der Waals surface area contributed by atoms with Gasteiger partial charge in [-0.3, -0.25) is 0 Å². The van der Waals surface area contributed by atoms with Gasteiger partial charge in [-0.2, -0.15) is 0 Å². The van der Waals surface area contributed by atoms with E-state index in [0.29, 0.717) is 5.92 Å². The van der Waals surface area contributed by atoms with Gasteiger partial charge in [0.2, 0.25) is 0 Å². The minimum atomic E-state index is 0.0583. The molecule has 2 N–H and O–H groups in total. The molecule has 1 atom stereocenters. The standard InChI is InChI=1S/C14H23NO/c1-10(2)8-15-14(9-16)13-6-5-11(3)7-12(13)4/h5-7,10,14-16H,8-9H2,1-4H3. The van der Waals surface area contributed by atoms with Gasteiger partial charge in [-0.05, 0) is 37.4 Å². The van der Waals surface area contributed by atoms with Crippen LogP contribution in [-0.2, 0) is 0 Å². The highest BCUT2D eigenvalue weighted by molar-refractivity contribution is 5.32. The van der Waals surface area contributed by atoms with Crippen LogP contribution in [0.25, 0.3) is 0 Å². The van der Waals surface area contributed by atoms with Gasteiger partial charge in [-0.15, -0.1) is 0 Å². The Balaban J connectivity index is 2.78. The fourth-order valence-electron chi connectivity index (χ4n) is 1.87. The van der Waals surface area contributed by atoms with Crippen LogP contribution >= 0.6 is 0 Å². The summed E-state index contributed by atoms with van der Waals surface area (Å²) in [5.41, 5.74) is 3.71. The van der Waals surface area contributed by atoms with E-state index < -0.39 is 0 Å². The number of aliphatic hydroxyl groups excluding tert-OH is 1. The molecule has 0 bridgehead atoms. The highest BCUT2D eigenvalue weighted by Crippen LogP contribution is 2.18. The third-order valence-electron chi connectivity index (χ3n) is 2.76. The first-order valence-corrected chi connectivity index (χ1v) is 5.96. The summed E-state index contributed by atoms with van der Waals surface area (Å²) in [6.45, 7) is 9.61. The van der Waals surface area contributed by atoms with Gasteiger partial charge in [0, 0.05) is 0 Å². The Bertz CT molecular complexity index is 334. The molecule has 0 aliphatic heterocycles. The molecule has 0 fully saturated rings. The molecule has 0 saturated heterocycles. The predicted molar refractivity (Wildman–Crippen MR) is 68.6 cm³/mol. The van der Waals surface area contributed by atoms with Crippen molar-refractivity contribution in [3.05, 3.63) is 34.9 Å². The first kappa shape index (κ1) is 13.2. The zero-order chi connectivity index (χ0) is 12.1. The fraction of sp³-hybridized carbons (Fsp3) is 0.571. The molecule has 1 aromatic rings. The van der Waals surface area contributed by atoms with E-state index in [-0.39, 0.29) is 12.6 Å². The highest BCUT2D eigenvalue weighted by atomic mass is 16.3. The predicted octanol–water partition coefficient (Wildman–Crippen LogP) is 2.58. The van der Waals surface area contributed by atoms with Gasteiger partial charge in [0.05, 0.1) is 12.6 Å². The Kier molecular flexibility index (Phi) is 4.97. The van der Waals surface area contributed by atoms with E-state index >= 15 is 0 Å². The molecular formula is C14H23NO. The molecule has 0 radical (unpaired) electrons. The van der Waals surface area contributed by atoms with Crippen molar-refractivity contribution in [3.8, 4) is 0 Å². The number of rotatable bonds is 5. The van der Waals surface area contributed by atoms with E-state index in [1.165, 1.54) is 16.7 Å². The van der Waals surface area contributed by atoms with E-state index in [1.54, 1.807) is 0 Å². The summed E-state index contributed by atoms with van der Waals surface area (Å²) in [7, 11) is 0. The molecule has 0 aliphatic rings. The van der Waals surface area contributed by atoms with Crippen molar-refractivity contribution < 1.29 is 5.11 Å². The summed E-state index contributed by atoms with van der Waals surface area (Å²) in [4.78, 5) is 0. The second-order valence-corrected chi connectivity index (χ2v) is 4.90. The maximum atomic E-state index is 9.42. The third kappa shape index (κ3) is 3.62. The van der Waals surface area contributed by atoms with Crippen LogP contribution in [0, 0.1) is 19.8 Å². The molecule has 90 valence electrons. The quantitative estimate of drug-likeness (QED) is 0.801. The van der Waals surface area contributed by atoms with E-state index in [9.17, 15) is 5.11 Å². The number of aryl methyl sites for hydroxylation is 2. The number of benzene rings is 1. The van der Waals surface area contributed by atoms with Gasteiger partial charge in [0.15, 0.2) is 0 Å². The van der Waals surface area contributed by atoms with Gasteiger partial charge in [0.25, 0.3) is 0 Å². The summed E-state index contributed by atoms with van der Waals surface area (Å²) >= 11 is 0. The van der Waals surface area contributed by atoms with E-state index in [0.717, 1.165) is 6.54 Å². The van der Waals surface area contributed by atoms with Crippen molar-refractivity contribution in [1.82, 2.24) is 5.32 Å². The van der Waals surface area contributed by atoms with Crippen LogP contribution in [0.1, 0.15) is 36.6 Å². The number of nitrogens with one attached hydrogen (secondary N) is 1. The zero-order valence-corrected chi connectivity index (χ0v) is 10.7. The average molecular weight is 221 g/mol. The van der Waals surface area contributed by atoms with Gasteiger partial charge in [0.1, 0.15) is 0 Å². The molecule has 1 aromatic carbocycles. The van der Waals surface area contributed by atoms with Gasteiger partial charge >= 0.3 is 0 Å². The van der Waals surface area contributed by atoms with Crippen LogP contribution in [0.4, 0.5) is 0 Å². The Morgan fingerprint density at radius 2 is 1.94 bits per heavy atom. The van der Waals surface area contributed by atoms with E-state index in [4.69, 9.17) is 0 Å². The van der Waals surface area contributed by atoms with Crippen LogP contribution in [-0.4, -0.2) is 18.3 Å². The monoisotopic (exact) mass is 221 g/mol. The topological polar surface area (TPSA) is 32.3 Å². The summed E-state index contributed by atoms with van der Waals surface area (Å²) in [6.07, 6.45) is 0. The summed E-state index contributed by atoms with van der Waals surface area (Å²) in [5.74, 6) is 0.597. The largest absolute Gasteiger partial charge is 0.394 e. The number of aliphatic hydroxyl groups is 1. The van der Waals surface area contributed by atoms with Crippen molar-refractivity contribution in [2.24, 2.45) is 5.92 Å². The van der Waals surface area contributed by atoms with Crippen LogP contribution < -0.4 is 5.32 Å². The third-order valence-corrected chi connectivity index (χ3v) is 2.76. The minimum absolute atomic E-state index is 0.0583. The second kappa shape index (κ2) is 6.02. The van der Waals surface area contributed by atoms with Crippen LogP contribution in [0.3, 0.4) is 0 Å². The van der Waals surface area contributed by atoms with Gasteiger partial charge in [-0.25, -0.2) is 0 Å². The first-order valence-electron chi connectivity index (χ1n) is 5.96. The van der Waals surface area contributed by atoms with Gasteiger partial charge in [-0.1, -0.05) is 37.6 Å². The molecule has 0 heterocycles. The van der Waals surface area contributed by atoms with Crippen LogP contribution in [0.15, 0.2) is 18.2 Å². The van der Waals surface area contributed by atoms with Crippen molar-refractivity contribution in [1.29, 1.82) is 0 Å². The van der Waals surface area contributed by atoms with Crippen LogP contribution in [0.2, 0.25) is 0 Å². The molecule has 0 aromatic heterocycles. The Morgan fingerprint density at radius 3 is 2.44 bits per heavy atom. The first-order chi connectivity index (χ1) is 7.54. The maximum Gasteiger partial charge on any atom is 0.0626 e. The summed E-state index contributed by atoms with van der Waals surface area (Å²) in [6, 6.07) is 6.43. The molecular weight excluding hydrogens is 198 g/mol. The highest BCUT2D eigenvalue weighted by Gasteiger charge is 2.12. The van der Waals surface area contributed by atoms with Crippen LogP contribution in [0.5, 0.6) is 0 Å². The lowest BCUT2D eigenvalue weighted by Gasteiger charge is -2.20. The minimum Gasteiger partial charge on any atom is -0.394 e. The van der Waals surface area contributed by atoms with Crippen molar-refractivity contribution in [3.63, 3.8) is 0 Å². The summed E-state index contributed by atoms with van der Waals surface area (Å²) < 4.78 is 0. The molecule has 0 amide bonds. The molecule has 2 nitrogen and oxygen atoms in total. The van der Waals surface area contributed by atoms with E-state index in [2.05, 4.69) is 51.2 Å². The lowest BCUT2D eigenvalue weighted by molar-refractivity contribution is 0.240. The molecule has 1 unspecified atom stereocenters. The lowest BCUT2D eigenvalue weighted by Crippen LogP contribution is -2.28. The lowest BCUT2D eigenvalue weighted by atomic mass is 9.99. The second-order valence-electron chi connectivity index (χ2n) is 4.90. The molecule has 2 heteroatoms. The van der Waals surface area contributed by atoms with E-state index in [1.807, 2.05) is 0 Å². The SMILES string of the molecule is Cc1ccc(C(CO)NCC(C)C)c(C)c1. The normalized spacial score (nSPS) is 13.1. The van der Waals surface area contributed by atoms with Crippen molar-refractivity contribution >= 4 is 0 Å². The smallest absolute Gasteiger partial charge is 0.0626 e. The molecule has 0 saturated carbocycles. The zero-order valence-electron chi connectivity index (χ0n) is 10.7. The Morgan fingerprint density at radius 1 is 1.25 bits per heavy atom. The fourth-order valence-corrected chi connectivity index (χ4v) is 1.87. The van der Waals surface area contributed by atoms with Crippen molar-refractivity contribution in [2.45, 2.75) is 33.7 Å². The maximum absolute atomic E-state index is 9.42. The molecule has 0 spiro atoms. The van der Waals surface area contributed by atoms with Gasteiger partial charge < -0.3 is 10.4 Å². The number of hydrogen-bond donors (Lipinski definition) is 2. The Hall–Kier alpha value is -0.860. The molecule has 16 heavy (non-hydrogen) atoms.